The molecule has 4 nitrogen and oxygen atoms in total. The third kappa shape index (κ3) is 6.34. The lowest BCUT2D eigenvalue weighted by molar-refractivity contribution is 0.0679. The van der Waals surface area contributed by atoms with Gasteiger partial charge in [-0.25, -0.2) is 9.59 Å². The van der Waals surface area contributed by atoms with Crippen LogP contribution in [0.3, 0.4) is 0 Å². The number of hydrogen-bond donors (Lipinski definition) is 0. The number of carbonyl (C=O) groups excluding carboxylic acids is 2. The Morgan fingerprint density at radius 1 is 0.647 bits per heavy atom. The molecule has 0 bridgehead atoms. The maximum Gasteiger partial charge on any atom is 0.343 e. The van der Waals surface area contributed by atoms with Crippen molar-refractivity contribution >= 4 is 11.9 Å². The quantitative estimate of drug-likeness (QED) is 0.222. The van der Waals surface area contributed by atoms with Crippen molar-refractivity contribution in [3.63, 3.8) is 0 Å². The monoisotopic (exact) mass is 458 g/mol. The normalized spacial score (nSPS) is 10.7. The van der Waals surface area contributed by atoms with Gasteiger partial charge in [0.2, 0.25) is 0 Å². The Bertz CT molecular complexity index is 1090. The standard InChI is InChI=1S/C30H34O4/c1-4-7-15-25-21-22(6-3)27(33-29(31)23-16-11-9-12-17-23)28(26(25)20-8-5-2)34-30(32)24-18-13-10-14-19-24/h9-14,16-19,21H,4-8,15,20H2,1-3H3. The molecule has 0 aliphatic rings. The van der Waals surface area contributed by atoms with Gasteiger partial charge >= 0.3 is 11.9 Å². The van der Waals surface area contributed by atoms with E-state index in [2.05, 4.69) is 19.9 Å². The van der Waals surface area contributed by atoms with Crippen molar-refractivity contribution in [2.45, 2.75) is 65.7 Å². The van der Waals surface area contributed by atoms with Crippen LogP contribution in [0.2, 0.25) is 0 Å². The van der Waals surface area contributed by atoms with Crippen molar-refractivity contribution in [1.29, 1.82) is 0 Å². The minimum atomic E-state index is -0.463. The third-order valence-corrected chi connectivity index (χ3v) is 5.88. The molecule has 0 spiro atoms. The molecule has 0 N–H and O–H groups in total. The second-order valence-electron chi connectivity index (χ2n) is 8.40. The molecule has 0 aromatic heterocycles. The maximum atomic E-state index is 13.1. The molecule has 4 heteroatoms. The van der Waals surface area contributed by atoms with Crippen molar-refractivity contribution in [3.8, 4) is 11.5 Å². The smallest absolute Gasteiger partial charge is 0.343 e. The average molecular weight is 459 g/mol. The zero-order valence-corrected chi connectivity index (χ0v) is 20.4. The van der Waals surface area contributed by atoms with E-state index in [1.807, 2.05) is 19.1 Å². The average Bonchev–Trinajstić information content (AvgIpc) is 2.88. The summed E-state index contributed by atoms with van der Waals surface area (Å²) < 4.78 is 12.0. The summed E-state index contributed by atoms with van der Waals surface area (Å²) in [6, 6.07) is 19.9. The van der Waals surface area contributed by atoms with Gasteiger partial charge in [0, 0.05) is 5.56 Å². The van der Waals surface area contributed by atoms with Crippen molar-refractivity contribution in [2.24, 2.45) is 0 Å². The zero-order chi connectivity index (χ0) is 24.3. The van der Waals surface area contributed by atoms with Crippen LogP contribution in [0.15, 0.2) is 66.7 Å². The van der Waals surface area contributed by atoms with Gasteiger partial charge in [-0.15, -0.1) is 0 Å². The van der Waals surface area contributed by atoms with E-state index >= 15 is 0 Å². The van der Waals surface area contributed by atoms with Crippen LogP contribution < -0.4 is 9.47 Å². The predicted octanol–water partition coefficient (Wildman–Crippen LogP) is 7.37. The first-order valence-corrected chi connectivity index (χ1v) is 12.3. The minimum Gasteiger partial charge on any atom is -0.419 e. The number of benzene rings is 3. The SMILES string of the molecule is CCCCc1cc(CC)c(OC(=O)c2ccccc2)c(OC(=O)c2ccccc2)c1CCCC. The number of aryl methyl sites for hydroxylation is 2. The van der Waals surface area contributed by atoms with E-state index in [0.717, 1.165) is 49.7 Å². The molecule has 0 heterocycles. The van der Waals surface area contributed by atoms with E-state index in [-0.39, 0.29) is 0 Å². The van der Waals surface area contributed by atoms with Gasteiger partial charge in [0.1, 0.15) is 0 Å². The molecule has 0 aliphatic carbocycles. The van der Waals surface area contributed by atoms with Crippen LogP contribution in [-0.4, -0.2) is 11.9 Å². The molecule has 34 heavy (non-hydrogen) atoms. The number of hydrogen-bond acceptors (Lipinski definition) is 4. The Morgan fingerprint density at radius 3 is 1.65 bits per heavy atom. The summed E-state index contributed by atoms with van der Waals surface area (Å²) in [5.41, 5.74) is 3.91. The Kier molecular flexibility index (Phi) is 9.45. The van der Waals surface area contributed by atoms with Crippen LogP contribution in [0.25, 0.3) is 0 Å². The van der Waals surface area contributed by atoms with Gasteiger partial charge < -0.3 is 9.47 Å². The highest BCUT2D eigenvalue weighted by molar-refractivity contribution is 5.93. The van der Waals surface area contributed by atoms with Gasteiger partial charge in [0.05, 0.1) is 11.1 Å². The first-order valence-electron chi connectivity index (χ1n) is 12.3. The van der Waals surface area contributed by atoms with Crippen LogP contribution in [0, 0.1) is 0 Å². The summed E-state index contributed by atoms with van der Waals surface area (Å²) in [7, 11) is 0. The highest BCUT2D eigenvalue weighted by Gasteiger charge is 2.25. The highest BCUT2D eigenvalue weighted by atomic mass is 16.6. The van der Waals surface area contributed by atoms with Crippen LogP contribution in [0.4, 0.5) is 0 Å². The molecular weight excluding hydrogens is 424 g/mol. The highest BCUT2D eigenvalue weighted by Crippen LogP contribution is 2.40. The van der Waals surface area contributed by atoms with Gasteiger partial charge in [-0.3, -0.25) is 0 Å². The van der Waals surface area contributed by atoms with E-state index in [9.17, 15) is 9.59 Å². The fraction of sp³-hybridized carbons (Fsp3) is 0.333. The summed E-state index contributed by atoms with van der Waals surface area (Å²) in [6.07, 6.45) is 6.37. The Hall–Kier alpha value is -3.40. The lowest BCUT2D eigenvalue weighted by atomic mass is 9.93. The first kappa shape index (κ1) is 25.2. The summed E-state index contributed by atoms with van der Waals surface area (Å²) in [4.78, 5) is 26.1. The van der Waals surface area contributed by atoms with Crippen LogP contribution in [0.1, 0.15) is 83.9 Å². The Labute approximate surface area is 202 Å². The molecule has 3 rings (SSSR count). The van der Waals surface area contributed by atoms with Crippen molar-refractivity contribution in [2.75, 3.05) is 0 Å². The van der Waals surface area contributed by atoms with Gasteiger partial charge in [0.15, 0.2) is 11.5 Å². The molecule has 3 aromatic carbocycles. The van der Waals surface area contributed by atoms with Gasteiger partial charge in [-0.1, -0.05) is 76.1 Å². The van der Waals surface area contributed by atoms with Crippen LogP contribution >= 0.6 is 0 Å². The van der Waals surface area contributed by atoms with E-state index in [0.29, 0.717) is 29.0 Å². The van der Waals surface area contributed by atoms with E-state index in [4.69, 9.17) is 9.47 Å². The Morgan fingerprint density at radius 2 is 1.15 bits per heavy atom. The van der Waals surface area contributed by atoms with Gasteiger partial charge in [0.25, 0.3) is 0 Å². The molecule has 0 amide bonds. The molecule has 0 atom stereocenters. The number of ether oxygens (including phenoxy) is 2. The molecule has 0 fully saturated rings. The number of unbranched alkanes of at least 4 members (excludes halogenated alkanes) is 2. The lowest BCUT2D eigenvalue weighted by Crippen LogP contribution is -2.16. The van der Waals surface area contributed by atoms with Gasteiger partial charge in [-0.2, -0.15) is 0 Å². The topological polar surface area (TPSA) is 52.6 Å². The molecule has 0 saturated heterocycles. The van der Waals surface area contributed by atoms with Crippen LogP contribution in [-0.2, 0) is 19.3 Å². The number of esters is 2. The fourth-order valence-electron chi connectivity index (χ4n) is 3.94. The third-order valence-electron chi connectivity index (χ3n) is 5.88. The molecule has 0 aliphatic heterocycles. The summed E-state index contributed by atoms with van der Waals surface area (Å²) in [6.45, 7) is 6.32. The molecule has 178 valence electrons. The first-order chi connectivity index (χ1) is 16.6. The van der Waals surface area contributed by atoms with Crippen molar-refractivity contribution in [3.05, 3.63) is 94.5 Å². The summed E-state index contributed by atoms with van der Waals surface area (Å²) in [5.74, 6) is -0.177. The predicted molar refractivity (Wildman–Crippen MR) is 136 cm³/mol. The molecular formula is C30H34O4. The fourth-order valence-corrected chi connectivity index (χ4v) is 3.94. The number of rotatable bonds is 11. The Balaban J connectivity index is 2.13. The van der Waals surface area contributed by atoms with Crippen molar-refractivity contribution in [1.82, 2.24) is 0 Å². The molecule has 3 aromatic rings. The summed E-state index contributed by atoms with van der Waals surface area (Å²) >= 11 is 0. The van der Waals surface area contributed by atoms with E-state index in [1.165, 1.54) is 5.56 Å². The largest absolute Gasteiger partial charge is 0.419 e. The summed E-state index contributed by atoms with van der Waals surface area (Å²) in [5, 5.41) is 0. The minimum absolute atomic E-state index is 0.354. The molecule has 0 saturated carbocycles. The number of carbonyl (C=O) groups is 2. The second kappa shape index (κ2) is 12.7. The maximum absolute atomic E-state index is 13.1. The van der Waals surface area contributed by atoms with E-state index in [1.54, 1.807) is 48.5 Å². The molecule has 0 radical (unpaired) electrons. The second-order valence-corrected chi connectivity index (χ2v) is 8.40. The molecule has 0 unspecified atom stereocenters. The van der Waals surface area contributed by atoms with Gasteiger partial charge in [-0.05, 0) is 67.5 Å². The van der Waals surface area contributed by atoms with Crippen molar-refractivity contribution < 1.29 is 19.1 Å². The zero-order valence-electron chi connectivity index (χ0n) is 20.4. The lowest BCUT2D eigenvalue weighted by Gasteiger charge is -2.21. The van der Waals surface area contributed by atoms with E-state index < -0.39 is 11.9 Å². The van der Waals surface area contributed by atoms with Crippen LogP contribution in [0.5, 0.6) is 11.5 Å².